The zero-order chi connectivity index (χ0) is 17.1. The van der Waals surface area contributed by atoms with Gasteiger partial charge in [0.25, 0.3) is 5.91 Å². The molecule has 2 fully saturated rings. The van der Waals surface area contributed by atoms with Crippen LogP contribution in [-0.2, 0) is 14.3 Å². The summed E-state index contributed by atoms with van der Waals surface area (Å²) in [5.74, 6) is 0.874. The summed E-state index contributed by atoms with van der Waals surface area (Å²) in [6.07, 6.45) is 3.13. The van der Waals surface area contributed by atoms with Gasteiger partial charge in [-0.3, -0.25) is 9.89 Å². The lowest BCUT2D eigenvalue weighted by Gasteiger charge is -2.20. The fraction of sp³-hybridized carbons (Fsp3) is 0.474. The van der Waals surface area contributed by atoms with E-state index in [4.69, 9.17) is 9.47 Å². The maximum absolute atomic E-state index is 12.5. The molecule has 2 aliphatic heterocycles. The Bertz CT molecular complexity index is 710. The third kappa shape index (κ3) is 3.75. The molecule has 132 valence electrons. The van der Waals surface area contributed by atoms with Crippen LogP contribution < -0.4 is 5.32 Å². The summed E-state index contributed by atoms with van der Waals surface area (Å²) < 4.78 is 11.3. The first-order valence-corrected chi connectivity index (χ1v) is 8.94. The van der Waals surface area contributed by atoms with E-state index in [2.05, 4.69) is 15.5 Å². The Kier molecular flexibility index (Phi) is 4.81. The largest absolute Gasteiger partial charge is 0.381 e. The lowest BCUT2D eigenvalue weighted by atomic mass is 9.97. The Labute approximate surface area is 146 Å². The van der Waals surface area contributed by atoms with E-state index in [9.17, 15) is 4.79 Å². The van der Waals surface area contributed by atoms with Gasteiger partial charge in [-0.15, -0.1) is 0 Å². The summed E-state index contributed by atoms with van der Waals surface area (Å²) in [4.78, 5) is 12.5. The van der Waals surface area contributed by atoms with Crippen LogP contribution in [-0.4, -0.2) is 35.4 Å². The summed E-state index contributed by atoms with van der Waals surface area (Å²) in [6, 6.07) is 12.0. The molecule has 2 N–H and O–H groups in total. The van der Waals surface area contributed by atoms with E-state index in [-0.39, 0.29) is 12.0 Å². The van der Waals surface area contributed by atoms with Crippen molar-refractivity contribution in [2.45, 2.75) is 43.8 Å². The number of hydrogen-bond acceptors (Lipinski definition) is 4. The van der Waals surface area contributed by atoms with Crippen molar-refractivity contribution in [3.05, 3.63) is 47.7 Å². The molecule has 2 atom stereocenters. The van der Waals surface area contributed by atoms with E-state index < -0.39 is 6.10 Å². The third-order valence-corrected chi connectivity index (χ3v) is 4.99. The Morgan fingerprint density at radius 1 is 1.12 bits per heavy atom. The van der Waals surface area contributed by atoms with Gasteiger partial charge in [0.1, 0.15) is 6.10 Å². The minimum absolute atomic E-state index is 0.00562. The van der Waals surface area contributed by atoms with Crippen LogP contribution >= 0.6 is 0 Å². The third-order valence-electron chi connectivity index (χ3n) is 4.99. The van der Waals surface area contributed by atoms with Gasteiger partial charge in [0.05, 0.1) is 6.10 Å². The number of amides is 1. The van der Waals surface area contributed by atoms with E-state index in [0.717, 1.165) is 50.2 Å². The second kappa shape index (κ2) is 7.37. The molecule has 1 aromatic heterocycles. The van der Waals surface area contributed by atoms with Crippen LogP contribution in [0.3, 0.4) is 0 Å². The molecule has 0 spiro atoms. The van der Waals surface area contributed by atoms with E-state index in [1.54, 1.807) is 0 Å². The second-order valence-electron chi connectivity index (χ2n) is 6.69. The van der Waals surface area contributed by atoms with Crippen LogP contribution in [0.25, 0.3) is 0 Å². The zero-order valence-electron chi connectivity index (χ0n) is 14.1. The average molecular weight is 341 g/mol. The predicted octanol–water partition coefficient (Wildman–Crippen LogP) is 3.16. The lowest BCUT2D eigenvalue weighted by Crippen LogP contribution is -2.27. The summed E-state index contributed by atoms with van der Waals surface area (Å²) >= 11 is 0. The fourth-order valence-corrected chi connectivity index (χ4v) is 3.57. The molecule has 2 aliphatic rings. The summed E-state index contributed by atoms with van der Waals surface area (Å²) in [5, 5.41) is 10.1. The topological polar surface area (TPSA) is 76.2 Å². The number of aromatic nitrogens is 2. The number of aromatic amines is 1. The van der Waals surface area contributed by atoms with E-state index in [0.29, 0.717) is 11.7 Å². The SMILES string of the molecule is O=C(Nc1cc(C2CCOCC2)[nH]n1)[C@H]1CC[C@@H](c2ccccc2)O1. The highest BCUT2D eigenvalue weighted by Crippen LogP contribution is 2.33. The van der Waals surface area contributed by atoms with Crippen LogP contribution in [0, 0.1) is 0 Å². The number of ether oxygens (including phenoxy) is 2. The lowest BCUT2D eigenvalue weighted by molar-refractivity contribution is -0.126. The maximum atomic E-state index is 12.5. The first-order chi connectivity index (χ1) is 12.3. The normalized spacial score (nSPS) is 24.3. The van der Waals surface area contributed by atoms with Crippen molar-refractivity contribution in [1.82, 2.24) is 10.2 Å². The van der Waals surface area contributed by atoms with Crippen molar-refractivity contribution in [3.63, 3.8) is 0 Å². The number of benzene rings is 1. The molecular formula is C19H23N3O3. The maximum Gasteiger partial charge on any atom is 0.254 e. The molecule has 2 saturated heterocycles. The summed E-state index contributed by atoms with van der Waals surface area (Å²) in [6.45, 7) is 1.56. The van der Waals surface area contributed by atoms with Crippen molar-refractivity contribution in [2.24, 2.45) is 0 Å². The van der Waals surface area contributed by atoms with Gasteiger partial charge >= 0.3 is 0 Å². The van der Waals surface area contributed by atoms with Crippen molar-refractivity contribution >= 4 is 11.7 Å². The number of hydrogen-bond donors (Lipinski definition) is 2. The number of nitrogens with zero attached hydrogens (tertiary/aromatic N) is 1. The molecular weight excluding hydrogens is 318 g/mol. The molecule has 6 nitrogen and oxygen atoms in total. The van der Waals surface area contributed by atoms with Gasteiger partial charge < -0.3 is 14.8 Å². The number of H-pyrrole nitrogens is 1. The number of anilines is 1. The van der Waals surface area contributed by atoms with Gasteiger partial charge in [0.2, 0.25) is 0 Å². The molecule has 25 heavy (non-hydrogen) atoms. The minimum Gasteiger partial charge on any atom is -0.381 e. The van der Waals surface area contributed by atoms with E-state index in [1.165, 1.54) is 0 Å². The van der Waals surface area contributed by atoms with E-state index in [1.807, 2.05) is 36.4 Å². The van der Waals surface area contributed by atoms with Gasteiger partial charge in [-0.05, 0) is 31.2 Å². The van der Waals surface area contributed by atoms with Crippen LogP contribution in [0.4, 0.5) is 5.82 Å². The number of rotatable bonds is 4. The van der Waals surface area contributed by atoms with Crippen molar-refractivity contribution < 1.29 is 14.3 Å². The standard InChI is InChI=1S/C19H23N3O3/c23-19(17-7-6-16(25-17)14-4-2-1-3-5-14)20-18-12-15(21-22-18)13-8-10-24-11-9-13/h1-5,12-13,16-17H,6-11H2,(H2,20,21,22,23)/t16-,17+/m0/s1. The van der Waals surface area contributed by atoms with Gasteiger partial charge in [-0.2, -0.15) is 5.10 Å². The minimum atomic E-state index is -0.423. The van der Waals surface area contributed by atoms with Gasteiger partial charge in [0.15, 0.2) is 5.82 Å². The molecule has 0 bridgehead atoms. The highest BCUT2D eigenvalue weighted by molar-refractivity contribution is 5.93. The summed E-state index contributed by atoms with van der Waals surface area (Å²) in [7, 11) is 0. The number of carbonyl (C=O) groups excluding carboxylic acids is 1. The van der Waals surface area contributed by atoms with Crippen LogP contribution in [0.15, 0.2) is 36.4 Å². The monoisotopic (exact) mass is 341 g/mol. The molecule has 6 heteroatoms. The first-order valence-electron chi connectivity index (χ1n) is 8.94. The van der Waals surface area contributed by atoms with Crippen LogP contribution in [0.5, 0.6) is 0 Å². The number of nitrogens with one attached hydrogen (secondary N) is 2. The van der Waals surface area contributed by atoms with Crippen molar-refractivity contribution in [3.8, 4) is 0 Å². The van der Waals surface area contributed by atoms with E-state index >= 15 is 0 Å². The quantitative estimate of drug-likeness (QED) is 0.895. The zero-order valence-corrected chi connectivity index (χ0v) is 14.1. The number of carbonyl (C=O) groups is 1. The van der Waals surface area contributed by atoms with Gasteiger partial charge in [0, 0.05) is 30.9 Å². The Morgan fingerprint density at radius 3 is 2.72 bits per heavy atom. The van der Waals surface area contributed by atoms with Crippen LogP contribution in [0.1, 0.15) is 49.0 Å². The van der Waals surface area contributed by atoms with Gasteiger partial charge in [-0.1, -0.05) is 30.3 Å². The molecule has 1 aromatic carbocycles. The van der Waals surface area contributed by atoms with Gasteiger partial charge in [-0.25, -0.2) is 0 Å². The molecule has 4 rings (SSSR count). The predicted molar refractivity (Wildman–Crippen MR) is 93.3 cm³/mol. The highest BCUT2D eigenvalue weighted by atomic mass is 16.5. The molecule has 0 saturated carbocycles. The molecule has 0 unspecified atom stereocenters. The first kappa shape index (κ1) is 16.3. The van der Waals surface area contributed by atoms with Crippen molar-refractivity contribution in [2.75, 3.05) is 18.5 Å². The molecule has 0 aliphatic carbocycles. The Hall–Kier alpha value is -2.18. The molecule has 0 radical (unpaired) electrons. The average Bonchev–Trinajstić information content (AvgIpc) is 3.33. The Morgan fingerprint density at radius 2 is 1.92 bits per heavy atom. The molecule has 3 heterocycles. The van der Waals surface area contributed by atoms with Crippen LogP contribution in [0.2, 0.25) is 0 Å². The fourth-order valence-electron chi connectivity index (χ4n) is 3.57. The molecule has 1 amide bonds. The summed E-state index contributed by atoms with van der Waals surface area (Å²) in [5.41, 5.74) is 2.19. The highest BCUT2D eigenvalue weighted by Gasteiger charge is 2.32. The van der Waals surface area contributed by atoms with Crippen molar-refractivity contribution in [1.29, 1.82) is 0 Å². The molecule has 2 aromatic rings. The second-order valence-corrected chi connectivity index (χ2v) is 6.69. The smallest absolute Gasteiger partial charge is 0.254 e. The Balaban J connectivity index is 1.34.